The second-order valence-electron chi connectivity index (χ2n) is 1.68. The third kappa shape index (κ3) is 1.79. The highest BCUT2D eigenvalue weighted by Gasteiger charge is 2.09. The van der Waals surface area contributed by atoms with Gasteiger partial charge in [-0.25, -0.2) is 10.9 Å². The van der Waals surface area contributed by atoms with Crippen molar-refractivity contribution in [3.05, 3.63) is 0 Å². The molecule has 1 fully saturated rings. The average molecular weight is 129 g/mol. The summed E-state index contributed by atoms with van der Waals surface area (Å²) in [4.78, 5) is 20.9. The maximum absolute atomic E-state index is 10.5. The van der Waals surface area contributed by atoms with Gasteiger partial charge in [0.05, 0.1) is 13.1 Å². The molecule has 0 saturated carbocycles. The molecule has 0 spiro atoms. The van der Waals surface area contributed by atoms with Gasteiger partial charge in [0, 0.05) is 0 Å². The molecule has 3 N–H and O–H groups in total. The molecule has 1 saturated heterocycles. The Labute approximate surface area is 51.8 Å². The van der Waals surface area contributed by atoms with E-state index in [4.69, 9.17) is 0 Å². The second-order valence-corrected chi connectivity index (χ2v) is 1.68. The van der Waals surface area contributed by atoms with Crippen LogP contribution in [0.5, 0.6) is 0 Å². The van der Waals surface area contributed by atoms with E-state index in [0.29, 0.717) is 0 Å². The maximum Gasteiger partial charge on any atom is 0.241 e. The summed E-state index contributed by atoms with van der Waals surface area (Å²) in [5, 5.41) is 2.14. The summed E-state index contributed by atoms with van der Waals surface area (Å²) in [5.41, 5.74) is 5.09. The summed E-state index contributed by atoms with van der Waals surface area (Å²) >= 11 is 0. The Morgan fingerprint density at radius 3 is 1.89 bits per heavy atom. The van der Waals surface area contributed by atoms with Crippen LogP contribution in [0.25, 0.3) is 0 Å². The number of rotatable bonds is 0. The Hall–Kier alpha value is -0.940. The SMILES string of the molecule is O=C1CNNCC(=O)N1. The van der Waals surface area contributed by atoms with Gasteiger partial charge >= 0.3 is 0 Å². The summed E-state index contributed by atoms with van der Waals surface area (Å²) < 4.78 is 0. The number of hydrazine groups is 1. The standard InChI is InChI=1S/C4H7N3O2/c8-3-1-5-6-2-4(9)7-3/h5-6H,1-2H2,(H,7,8,9). The smallest absolute Gasteiger partial charge is 0.241 e. The molecular formula is C4H7N3O2. The van der Waals surface area contributed by atoms with E-state index < -0.39 is 0 Å². The molecule has 50 valence electrons. The molecule has 5 nitrogen and oxygen atoms in total. The van der Waals surface area contributed by atoms with E-state index in [1.165, 1.54) is 0 Å². The molecule has 0 unspecified atom stereocenters. The van der Waals surface area contributed by atoms with E-state index in [-0.39, 0.29) is 24.9 Å². The molecule has 0 aromatic carbocycles. The Morgan fingerprint density at radius 1 is 1.00 bits per heavy atom. The lowest BCUT2D eigenvalue weighted by molar-refractivity contribution is -0.128. The Morgan fingerprint density at radius 2 is 1.44 bits per heavy atom. The summed E-state index contributed by atoms with van der Waals surface area (Å²) in [6.07, 6.45) is 0. The summed E-state index contributed by atoms with van der Waals surface area (Å²) in [7, 11) is 0. The molecule has 1 aliphatic rings. The quantitative estimate of drug-likeness (QED) is 0.323. The first-order chi connectivity index (χ1) is 4.29. The van der Waals surface area contributed by atoms with Gasteiger partial charge in [0.15, 0.2) is 0 Å². The third-order valence-corrected chi connectivity index (χ3v) is 0.902. The number of nitrogens with one attached hydrogen (secondary N) is 3. The highest BCUT2D eigenvalue weighted by Crippen LogP contribution is 1.69. The van der Waals surface area contributed by atoms with Gasteiger partial charge in [-0.1, -0.05) is 0 Å². The van der Waals surface area contributed by atoms with Crippen LogP contribution in [0.2, 0.25) is 0 Å². The number of hydrogen-bond acceptors (Lipinski definition) is 4. The minimum absolute atomic E-state index is 0.145. The first-order valence-electron chi connectivity index (χ1n) is 2.57. The maximum atomic E-state index is 10.5. The van der Waals surface area contributed by atoms with Crippen LogP contribution in [0, 0.1) is 0 Å². The first-order valence-corrected chi connectivity index (χ1v) is 2.57. The van der Waals surface area contributed by atoms with Crippen LogP contribution in [0.4, 0.5) is 0 Å². The summed E-state index contributed by atoms with van der Waals surface area (Å²) in [6, 6.07) is 0. The van der Waals surface area contributed by atoms with Gasteiger partial charge in [-0.2, -0.15) is 0 Å². The lowest BCUT2D eigenvalue weighted by atomic mass is 10.5. The lowest BCUT2D eigenvalue weighted by Gasteiger charge is -1.92. The van der Waals surface area contributed by atoms with Crippen LogP contribution in [-0.4, -0.2) is 24.9 Å². The molecule has 0 aliphatic carbocycles. The zero-order chi connectivity index (χ0) is 6.69. The Balaban J connectivity index is 2.47. The van der Waals surface area contributed by atoms with Crippen LogP contribution in [0.1, 0.15) is 0 Å². The van der Waals surface area contributed by atoms with Crippen molar-refractivity contribution in [1.82, 2.24) is 16.2 Å². The highest BCUT2D eigenvalue weighted by molar-refractivity contribution is 5.97. The van der Waals surface area contributed by atoms with Crippen molar-refractivity contribution in [2.45, 2.75) is 0 Å². The fourth-order valence-electron chi connectivity index (χ4n) is 0.529. The molecule has 0 radical (unpaired) electrons. The van der Waals surface area contributed by atoms with E-state index in [0.717, 1.165) is 0 Å². The molecule has 0 bridgehead atoms. The summed E-state index contributed by atoms with van der Waals surface area (Å²) in [5.74, 6) is -0.602. The van der Waals surface area contributed by atoms with Crippen LogP contribution < -0.4 is 16.2 Å². The van der Waals surface area contributed by atoms with Gasteiger partial charge in [-0.15, -0.1) is 0 Å². The normalized spacial score (nSPS) is 20.9. The van der Waals surface area contributed by atoms with Gasteiger partial charge in [0.2, 0.25) is 11.8 Å². The van der Waals surface area contributed by atoms with E-state index in [1.54, 1.807) is 0 Å². The molecule has 1 aliphatic heterocycles. The largest absolute Gasteiger partial charge is 0.294 e. The second kappa shape index (κ2) is 2.56. The first kappa shape index (κ1) is 6.18. The van der Waals surface area contributed by atoms with Crippen molar-refractivity contribution in [2.75, 3.05) is 13.1 Å². The van der Waals surface area contributed by atoms with Crippen molar-refractivity contribution in [3.63, 3.8) is 0 Å². The predicted molar refractivity (Wildman–Crippen MR) is 29.2 cm³/mol. The van der Waals surface area contributed by atoms with Gasteiger partial charge in [-0.05, 0) is 0 Å². The van der Waals surface area contributed by atoms with E-state index in [2.05, 4.69) is 16.2 Å². The highest BCUT2D eigenvalue weighted by atomic mass is 16.2. The van der Waals surface area contributed by atoms with E-state index in [9.17, 15) is 9.59 Å². The number of imide groups is 1. The zero-order valence-corrected chi connectivity index (χ0v) is 4.73. The molecule has 0 aromatic rings. The lowest BCUT2D eigenvalue weighted by Crippen LogP contribution is -2.34. The van der Waals surface area contributed by atoms with Crippen molar-refractivity contribution in [2.24, 2.45) is 0 Å². The minimum Gasteiger partial charge on any atom is -0.294 e. The van der Waals surface area contributed by atoms with Gasteiger partial charge in [-0.3, -0.25) is 14.9 Å². The topological polar surface area (TPSA) is 70.2 Å². The average Bonchev–Trinajstić information content (AvgIpc) is 1.93. The molecular weight excluding hydrogens is 122 g/mol. The van der Waals surface area contributed by atoms with Crippen molar-refractivity contribution in [3.8, 4) is 0 Å². The van der Waals surface area contributed by atoms with E-state index >= 15 is 0 Å². The molecule has 9 heavy (non-hydrogen) atoms. The monoisotopic (exact) mass is 129 g/mol. The van der Waals surface area contributed by atoms with Crippen molar-refractivity contribution < 1.29 is 9.59 Å². The molecule has 1 heterocycles. The summed E-state index contributed by atoms with van der Waals surface area (Å²) in [6.45, 7) is 0.289. The fourth-order valence-corrected chi connectivity index (χ4v) is 0.529. The fraction of sp³-hybridized carbons (Fsp3) is 0.500. The van der Waals surface area contributed by atoms with E-state index in [1.807, 2.05) is 0 Å². The minimum atomic E-state index is -0.301. The zero-order valence-electron chi connectivity index (χ0n) is 4.73. The van der Waals surface area contributed by atoms with Crippen molar-refractivity contribution in [1.29, 1.82) is 0 Å². The number of carbonyl (C=O) groups is 2. The Bertz CT molecular complexity index is 129. The molecule has 2 amide bonds. The van der Waals surface area contributed by atoms with Gasteiger partial charge in [0.1, 0.15) is 0 Å². The molecule has 0 aromatic heterocycles. The van der Waals surface area contributed by atoms with Gasteiger partial charge in [0.25, 0.3) is 0 Å². The van der Waals surface area contributed by atoms with Crippen LogP contribution >= 0.6 is 0 Å². The number of carbonyl (C=O) groups excluding carboxylic acids is 2. The van der Waals surface area contributed by atoms with Crippen LogP contribution in [-0.2, 0) is 9.59 Å². The van der Waals surface area contributed by atoms with Gasteiger partial charge < -0.3 is 0 Å². The predicted octanol–water partition coefficient (Wildman–Crippen LogP) is -2.26. The Kier molecular flexibility index (Phi) is 1.76. The van der Waals surface area contributed by atoms with Crippen LogP contribution in [0.15, 0.2) is 0 Å². The molecule has 1 rings (SSSR count). The van der Waals surface area contributed by atoms with Crippen molar-refractivity contribution >= 4 is 11.8 Å². The van der Waals surface area contributed by atoms with Crippen LogP contribution in [0.3, 0.4) is 0 Å². The number of amides is 2. The number of hydrogen-bond donors (Lipinski definition) is 3. The molecule has 5 heteroatoms. The third-order valence-electron chi connectivity index (χ3n) is 0.902. The molecule has 0 atom stereocenters.